The Kier molecular flexibility index (Phi) is 12.9. The predicted molar refractivity (Wildman–Crippen MR) is 188 cm³/mol. The maximum atomic E-state index is 12.3. The van der Waals surface area contributed by atoms with Crippen molar-refractivity contribution in [2.75, 3.05) is 74.2 Å². The van der Waals surface area contributed by atoms with E-state index in [-0.39, 0.29) is 30.3 Å². The quantitative estimate of drug-likeness (QED) is 0.0847. The van der Waals surface area contributed by atoms with Crippen molar-refractivity contribution < 1.29 is 32.8 Å². The van der Waals surface area contributed by atoms with E-state index in [0.717, 1.165) is 73.4 Å². The maximum Gasteiger partial charge on any atom is 0.232 e. The van der Waals surface area contributed by atoms with Gasteiger partial charge in [-0.2, -0.15) is 4.98 Å². The molecule has 0 saturated carbocycles. The third-order valence-corrected chi connectivity index (χ3v) is 10.1. The van der Waals surface area contributed by atoms with E-state index < -0.39 is 10.0 Å². The summed E-state index contributed by atoms with van der Waals surface area (Å²) >= 11 is 3.49. The van der Waals surface area contributed by atoms with Crippen molar-refractivity contribution in [2.24, 2.45) is 5.92 Å². The molecule has 1 aromatic heterocycles. The van der Waals surface area contributed by atoms with E-state index in [9.17, 15) is 18.6 Å². The molecule has 258 valence electrons. The van der Waals surface area contributed by atoms with Crippen molar-refractivity contribution in [3.63, 3.8) is 0 Å². The van der Waals surface area contributed by atoms with Crippen LogP contribution in [-0.4, -0.2) is 89.2 Å². The largest absolute Gasteiger partial charge is 0.508 e. The van der Waals surface area contributed by atoms with Gasteiger partial charge in [-0.05, 0) is 71.8 Å². The first-order chi connectivity index (χ1) is 22.5. The van der Waals surface area contributed by atoms with Gasteiger partial charge in [0.2, 0.25) is 16.0 Å². The lowest BCUT2D eigenvalue weighted by Crippen LogP contribution is -2.39. The molecule has 1 fully saturated rings. The monoisotopic (exact) mass is 736 g/mol. The SMILES string of the molecule is COc1cc(N2CCC(C(OC)OC)CC2)c(CCCCCO)cc1Nc1ncc(Br)c(Nc2ccc(O)cc2N(C)S(C)(=O)=O)n1. The molecule has 4 rings (SSSR count). The molecule has 13 nitrogen and oxygen atoms in total. The molecule has 1 aliphatic rings. The van der Waals surface area contributed by atoms with E-state index in [1.165, 1.54) is 19.2 Å². The molecule has 2 heterocycles. The Bertz CT molecular complexity index is 1600. The lowest BCUT2D eigenvalue weighted by molar-refractivity contribution is -0.141. The molecular formula is C32H45BrN6O7S. The predicted octanol–water partition coefficient (Wildman–Crippen LogP) is 5.38. The number of hydrogen-bond acceptors (Lipinski definition) is 12. The van der Waals surface area contributed by atoms with Crippen LogP contribution in [0, 0.1) is 5.92 Å². The fourth-order valence-electron chi connectivity index (χ4n) is 5.70. The molecule has 4 N–H and O–H groups in total. The minimum atomic E-state index is -3.61. The Morgan fingerprint density at radius 3 is 2.43 bits per heavy atom. The van der Waals surface area contributed by atoms with Gasteiger partial charge in [-0.15, -0.1) is 0 Å². The highest BCUT2D eigenvalue weighted by Crippen LogP contribution is 2.39. The van der Waals surface area contributed by atoms with Crippen LogP contribution in [-0.2, 0) is 25.9 Å². The highest BCUT2D eigenvalue weighted by molar-refractivity contribution is 9.10. The number of phenolic OH excluding ortho intramolecular Hbond substituents is 1. The van der Waals surface area contributed by atoms with Gasteiger partial charge in [0.1, 0.15) is 17.3 Å². The van der Waals surface area contributed by atoms with Gasteiger partial charge >= 0.3 is 0 Å². The van der Waals surface area contributed by atoms with E-state index in [2.05, 4.69) is 53.6 Å². The topological polar surface area (TPSA) is 159 Å². The standard InChI is InChI=1S/C32H45BrN6O7S/c1-38(47(5,42)43)28-18-23(41)10-11-25(28)35-30-24(33)20-34-32(37-30)36-26-17-22(9-7-6-8-16-40)27(19-29(26)44-2)39-14-12-21(13-15-39)31(45-3)46-4/h10-11,17-21,31,40-41H,6-9,12-16H2,1-5H3,(H2,34,35,36,37). The van der Waals surface area contributed by atoms with Crippen LogP contribution in [0.25, 0.3) is 0 Å². The summed E-state index contributed by atoms with van der Waals surface area (Å²) in [6.45, 7) is 1.88. The van der Waals surface area contributed by atoms with Crippen LogP contribution in [0.5, 0.6) is 11.5 Å². The molecule has 0 radical (unpaired) electrons. The van der Waals surface area contributed by atoms with Crippen LogP contribution in [0.4, 0.5) is 34.5 Å². The zero-order chi connectivity index (χ0) is 34.1. The number of halogens is 1. The van der Waals surface area contributed by atoms with Crippen LogP contribution < -0.4 is 24.6 Å². The summed E-state index contributed by atoms with van der Waals surface area (Å²) in [7, 11) is 2.79. The van der Waals surface area contributed by atoms with Gasteiger partial charge in [0.25, 0.3) is 0 Å². The van der Waals surface area contributed by atoms with Crippen molar-refractivity contribution in [3.8, 4) is 11.5 Å². The number of hydrogen-bond donors (Lipinski definition) is 4. The Morgan fingerprint density at radius 1 is 1.06 bits per heavy atom. The number of nitrogens with zero attached hydrogens (tertiary/aromatic N) is 4. The number of benzene rings is 2. The minimum absolute atomic E-state index is 0.0774. The number of ether oxygens (including phenoxy) is 3. The summed E-state index contributed by atoms with van der Waals surface area (Å²) < 4.78 is 43.1. The van der Waals surface area contributed by atoms with Gasteiger partial charge in [-0.1, -0.05) is 6.42 Å². The first-order valence-electron chi connectivity index (χ1n) is 15.4. The zero-order valence-corrected chi connectivity index (χ0v) is 29.9. The molecule has 2 aromatic carbocycles. The number of sulfonamides is 1. The highest BCUT2D eigenvalue weighted by atomic mass is 79.9. The van der Waals surface area contributed by atoms with Crippen LogP contribution >= 0.6 is 15.9 Å². The van der Waals surface area contributed by atoms with E-state index in [1.807, 2.05) is 0 Å². The molecule has 15 heteroatoms. The van der Waals surface area contributed by atoms with Gasteiger partial charge in [0.15, 0.2) is 6.29 Å². The van der Waals surface area contributed by atoms with Crippen molar-refractivity contribution >= 4 is 60.5 Å². The van der Waals surface area contributed by atoms with Gasteiger partial charge in [-0.3, -0.25) is 4.31 Å². The Morgan fingerprint density at radius 2 is 1.79 bits per heavy atom. The number of aromatic nitrogens is 2. The van der Waals surface area contributed by atoms with E-state index >= 15 is 0 Å². The van der Waals surface area contributed by atoms with Crippen LogP contribution in [0.15, 0.2) is 41.0 Å². The molecule has 3 aromatic rings. The summed E-state index contributed by atoms with van der Waals surface area (Å²) in [5.74, 6) is 1.54. The molecule has 0 aliphatic carbocycles. The van der Waals surface area contributed by atoms with Gasteiger partial charge in [0.05, 0.1) is 34.9 Å². The Balaban J connectivity index is 1.63. The number of anilines is 6. The van der Waals surface area contributed by atoms with Crippen LogP contribution in [0.1, 0.15) is 37.7 Å². The van der Waals surface area contributed by atoms with Crippen molar-refractivity contribution in [2.45, 2.75) is 44.8 Å². The van der Waals surface area contributed by atoms with Gasteiger partial charge in [0, 0.05) is 70.9 Å². The summed E-state index contributed by atoms with van der Waals surface area (Å²) in [5.41, 5.74) is 3.61. The Hall–Kier alpha value is -3.37. The fourth-order valence-corrected chi connectivity index (χ4v) is 6.50. The van der Waals surface area contributed by atoms with Crippen molar-refractivity contribution in [1.82, 2.24) is 9.97 Å². The summed E-state index contributed by atoms with van der Waals surface area (Å²) in [6.07, 6.45) is 7.73. The molecular weight excluding hydrogens is 692 g/mol. The van der Waals surface area contributed by atoms with Gasteiger partial charge in [-0.25, -0.2) is 13.4 Å². The second kappa shape index (κ2) is 16.6. The number of aromatic hydroxyl groups is 1. The fraction of sp³-hybridized carbons (Fsp3) is 0.500. The number of aryl methyl sites for hydroxylation is 1. The average Bonchev–Trinajstić information content (AvgIpc) is 3.05. The molecule has 1 aliphatic heterocycles. The first kappa shape index (κ1) is 36.5. The number of aliphatic hydroxyl groups excluding tert-OH is 1. The first-order valence-corrected chi connectivity index (χ1v) is 18.1. The normalized spacial score (nSPS) is 14.0. The number of unbranched alkanes of at least 4 members (excludes halogenated alkanes) is 2. The number of methoxy groups -OCH3 is 3. The van der Waals surface area contributed by atoms with Crippen LogP contribution in [0.2, 0.25) is 0 Å². The summed E-state index contributed by atoms with van der Waals surface area (Å²) in [6, 6.07) is 8.52. The van der Waals surface area contributed by atoms with Crippen molar-refractivity contribution in [3.05, 3.63) is 46.6 Å². The number of aliphatic hydroxyl groups is 1. The maximum absolute atomic E-state index is 12.3. The second-order valence-corrected chi connectivity index (χ2v) is 14.3. The average molecular weight is 738 g/mol. The molecule has 0 amide bonds. The minimum Gasteiger partial charge on any atom is -0.508 e. The van der Waals surface area contributed by atoms with E-state index in [0.29, 0.717) is 33.3 Å². The van der Waals surface area contributed by atoms with Crippen LogP contribution in [0.3, 0.4) is 0 Å². The zero-order valence-electron chi connectivity index (χ0n) is 27.5. The number of phenols is 1. The molecule has 0 atom stereocenters. The summed E-state index contributed by atoms with van der Waals surface area (Å²) in [5, 5.41) is 25.9. The van der Waals surface area contributed by atoms with E-state index in [1.54, 1.807) is 33.6 Å². The second-order valence-electron chi connectivity index (χ2n) is 11.5. The molecule has 1 saturated heterocycles. The third-order valence-electron chi connectivity index (χ3n) is 8.30. The lowest BCUT2D eigenvalue weighted by atomic mass is 9.94. The number of rotatable bonds is 16. The molecule has 0 unspecified atom stereocenters. The molecule has 47 heavy (non-hydrogen) atoms. The molecule has 0 spiro atoms. The van der Waals surface area contributed by atoms with Gasteiger partial charge < -0.3 is 40.0 Å². The van der Waals surface area contributed by atoms with Crippen molar-refractivity contribution in [1.29, 1.82) is 0 Å². The smallest absolute Gasteiger partial charge is 0.232 e. The summed E-state index contributed by atoms with van der Waals surface area (Å²) in [4.78, 5) is 11.5. The lowest BCUT2D eigenvalue weighted by Gasteiger charge is -2.37. The number of piperidine rings is 1. The molecule has 0 bridgehead atoms. The Labute approximate surface area is 285 Å². The number of nitrogens with one attached hydrogen (secondary N) is 2. The van der Waals surface area contributed by atoms with E-state index in [4.69, 9.17) is 14.2 Å². The highest BCUT2D eigenvalue weighted by Gasteiger charge is 2.28. The third kappa shape index (κ3) is 9.38.